The van der Waals surface area contributed by atoms with Gasteiger partial charge in [-0.15, -0.1) is 0 Å². The zero-order valence-electron chi connectivity index (χ0n) is 11.9. The molecule has 0 bridgehead atoms. The lowest BCUT2D eigenvalue weighted by atomic mass is 10.1. The molecule has 0 fully saturated rings. The summed E-state index contributed by atoms with van der Waals surface area (Å²) in [7, 11) is 2.13. The second-order valence-electron chi connectivity index (χ2n) is 5.45. The zero-order valence-corrected chi connectivity index (χ0v) is 11.9. The fourth-order valence-electron chi connectivity index (χ4n) is 2.01. The Morgan fingerprint density at radius 3 is 2.35 bits per heavy atom. The van der Waals surface area contributed by atoms with Crippen molar-refractivity contribution in [2.75, 3.05) is 24.2 Å². The molecular weight excluding hydrogens is 208 g/mol. The van der Waals surface area contributed by atoms with Gasteiger partial charge in [0.15, 0.2) is 0 Å². The van der Waals surface area contributed by atoms with Crippen molar-refractivity contribution >= 4 is 11.4 Å². The minimum absolute atomic E-state index is 0.778. The van der Waals surface area contributed by atoms with E-state index in [0.717, 1.165) is 23.8 Å². The van der Waals surface area contributed by atoms with E-state index in [4.69, 9.17) is 5.73 Å². The number of nitrogens with zero attached hydrogens (tertiary/aromatic N) is 1. The third-order valence-corrected chi connectivity index (χ3v) is 3.33. The van der Waals surface area contributed by atoms with Crippen molar-refractivity contribution in [2.45, 2.75) is 40.5 Å². The van der Waals surface area contributed by atoms with Gasteiger partial charge in [-0.05, 0) is 55.9 Å². The Labute approximate surface area is 106 Å². The average Bonchev–Trinajstić information content (AvgIpc) is 2.22. The topological polar surface area (TPSA) is 29.3 Å². The van der Waals surface area contributed by atoms with Crippen LogP contribution >= 0.6 is 0 Å². The Hall–Kier alpha value is -1.18. The lowest BCUT2D eigenvalue weighted by Crippen LogP contribution is -2.20. The summed E-state index contributed by atoms with van der Waals surface area (Å²) in [4.78, 5) is 2.27. The largest absolute Gasteiger partial charge is 0.397 e. The second kappa shape index (κ2) is 5.95. The van der Waals surface area contributed by atoms with Gasteiger partial charge < -0.3 is 10.6 Å². The standard InChI is InChI=1S/C15H26N2/c1-11(2)7-6-8-17(5)15-10-13(4)12(3)9-14(15)16/h9-11H,6-8,16H2,1-5H3. The molecule has 0 aliphatic rings. The van der Waals surface area contributed by atoms with E-state index in [9.17, 15) is 0 Å². The summed E-state index contributed by atoms with van der Waals surface area (Å²) >= 11 is 0. The van der Waals surface area contributed by atoms with E-state index in [0.29, 0.717) is 0 Å². The molecule has 1 aromatic rings. The molecule has 0 amide bonds. The van der Waals surface area contributed by atoms with Crippen LogP contribution in [0.25, 0.3) is 0 Å². The van der Waals surface area contributed by atoms with Crippen molar-refractivity contribution in [3.8, 4) is 0 Å². The summed E-state index contributed by atoms with van der Waals surface area (Å²) in [6.45, 7) is 9.86. The van der Waals surface area contributed by atoms with Gasteiger partial charge in [0.05, 0.1) is 11.4 Å². The van der Waals surface area contributed by atoms with E-state index < -0.39 is 0 Å². The van der Waals surface area contributed by atoms with Crippen molar-refractivity contribution in [1.29, 1.82) is 0 Å². The van der Waals surface area contributed by atoms with Crippen molar-refractivity contribution in [3.63, 3.8) is 0 Å². The van der Waals surface area contributed by atoms with Crippen molar-refractivity contribution < 1.29 is 0 Å². The average molecular weight is 234 g/mol. The molecule has 1 rings (SSSR count). The molecule has 0 aliphatic carbocycles. The minimum atomic E-state index is 0.778. The third-order valence-electron chi connectivity index (χ3n) is 3.33. The lowest BCUT2D eigenvalue weighted by molar-refractivity contribution is 0.556. The number of nitrogen functional groups attached to an aromatic ring is 1. The highest BCUT2D eigenvalue weighted by molar-refractivity contribution is 5.69. The highest BCUT2D eigenvalue weighted by Gasteiger charge is 2.07. The second-order valence-corrected chi connectivity index (χ2v) is 5.45. The maximum atomic E-state index is 6.08. The van der Waals surface area contributed by atoms with Gasteiger partial charge in [-0.1, -0.05) is 13.8 Å². The van der Waals surface area contributed by atoms with Crippen LogP contribution in [0.15, 0.2) is 12.1 Å². The number of hydrogen-bond donors (Lipinski definition) is 1. The van der Waals surface area contributed by atoms with Crippen LogP contribution < -0.4 is 10.6 Å². The molecule has 0 atom stereocenters. The first-order valence-corrected chi connectivity index (χ1v) is 6.49. The number of anilines is 2. The fourth-order valence-corrected chi connectivity index (χ4v) is 2.01. The van der Waals surface area contributed by atoms with E-state index >= 15 is 0 Å². The van der Waals surface area contributed by atoms with Crippen LogP contribution in [0.2, 0.25) is 0 Å². The monoisotopic (exact) mass is 234 g/mol. The van der Waals surface area contributed by atoms with Crippen LogP contribution in [-0.4, -0.2) is 13.6 Å². The van der Waals surface area contributed by atoms with Gasteiger partial charge in [0.25, 0.3) is 0 Å². The van der Waals surface area contributed by atoms with Gasteiger partial charge in [-0.25, -0.2) is 0 Å². The summed E-state index contributed by atoms with van der Waals surface area (Å²) in [5.74, 6) is 0.778. The van der Waals surface area contributed by atoms with Crippen LogP contribution in [0.4, 0.5) is 11.4 Å². The highest BCUT2D eigenvalue weighted by Crippen LogP contribution is 2.26. The molecular formula is C15H26N2. The first kappa shape index (κ1) is 13.9. The molecule has 0 heterocycles. The fraction of sp³-hybridized carbons (Fsp3) is 0.600. The van der Waals surface area contributed by atoms with Gasteiger partial charge in [-0.2, -0.15) is 0 Å². The molecule has 0 saturated heterocycles. The number of hydrogen-bond acceptors (Lipinski definition) is 2. The lowest BCUT2D eigenvalue weighted by Gasteiger charge is -2.22. The SMILES string of the molecule is Cc1cc(N)c(N(C)CCCC(C)C)cc1C. The first-order chi connectivity index (χ1) is 7.91. The number of aryl methyl sites for hydroxylation is 2. The summed E-state index contributed by atoms with van der Waals surface area (Å²) in [6.07, 6.45) is 2.50. The highest BCUT2D eigenvalue weighted by atomic mass is 15.1. The maximum Gasteiger partial charge on any atom is 0.0600 e. The summed E-state index contributed by atoms with van der Waals surface area (Å²) in [6, 6.07) is 4.27. The number of rotatable bonds is 5. The molecule has 0 aromatic heterocycles. The van der Waals surface area contributed by atoms with Crippen LogP contribution in [0.3, 0.4) is 0 Å². The van der Waals surface area contributed by atoms with Gasteiger partial charge >= 0.3 is 0 Å². The van der Waals surface area contributed by atoms with Crippen molar-refractivity contribution in [1.82, 2.24) is 0 Å². The molecule has 0 aliphatic heterocycles. The van der Waals surface area contributed by atoms with Gasteiger partial charge in [0, 0.05) is 13.6 Å². The van der Waals surface area contributed by atoms with Gasteiger partial charge in [0.1, 0.15) is 0 Å². The number of nitrogens with two attached hydrogens (primary N) is 1. The van der Waals surface area contributed by atoms with Gasteiger partial charge in [0.2, 0.25) is 0 Å². The quantitative estimate of drug-likeness (QED) is 0.786. The van der Waals surface area contributed by atoms with E-state index in [1.807, 2.05) is 0 Å². The van der Waals surface area contributed by atoms with Crippen LogP contribution in [0, 0.1) is 19.8 Å². The van der Waals surface area contributed by atoms with E-state index in [1.54, 1.807) is 0 Å². The normalized spacial score (nSPS) is 10.9. The van der Waals surface area contributed by atoms with Crippen LogP contribution in [0.1, 0.15) is 37.8 Å². The Bertz CT molecular complexity index is 369. The molecule has 0 radical (unpaired) electrons. The summed E-state index contributed by atoms with van der Waals surface area (Å²) < 4.78 is 0. The Morgan fingerprint density at radius 2 is 1.76 bits per heavy atom. The van der Waals surface area contributed by atoms with E-state index in [2.05, 4.69) is 51.8 Å². The summed E-state index contributed by atoms with van der Waals surface area (Å²) in [5, 5.41) is 0. The molecule has 2 heteroatoms. The molecule has 17 heavy (non-hydrogen) atoms. The van der Waals surface area contributed by atoms with Crippen molar-refractivity contribution in [3.05, 3.63) is 23.3 Å². The predicted octanol–water partition coefficient (Wildman–Crippen LogP) is 3.76. The Morgan fingerprint density at radius 1 is 1.18 bits per heavy atom. The molecule has 2 nitrogen and oxygen atoms in total. The molecule has 0 unspecified atom stereocenters. The molecule has 2 N–H and O–H groups in total. The molecule has 1 aromatic carbocycles. The maximum absolute atomic E-state index is 6.08. The van der Waals surface area contributed by atoms with Crippen LogP contribution in [0.5, 0.6) is 0 Å². The number of benzene rings is 1. The third kappa shape index (κ3) is 3.95. The molecule has 0 spiro atoms. The molecule has 0 saturated carbocycles. The Kier molecular flexibility index (Phi) is 4.86. The van der Waals surface area contributed by atoms with E-state index in [1.165, 1.54) is 24.0 Å². The Balaban J connectivity index is 2.68. The molecule has 96 valence electrons. The van der Waals surface area contributed by atoms with Gasteiger partial charge in [-0.3, -0.25) is 0 Å². The zero-order chi connectivity index (χ0) is 13.0. The smallest absolute Gasteiger partial charge is 0.0600 e. The van der Waals surface area contributed by atoms with E-state index in [-0.39, 0.29) is 0 Å². The minimum Gasteiger partial charge on any atom is -0.397 e. The summed E-state index contributed by atoms with van der Waals surface area (Å²) in [5.41, 5.74) is 10.7. The predicted molar refractivity (Wildman–Crippen MR) is 77.7 cm³/mol. The van der Waals surface area contributed by atoms with Crippen LogP contribution in [-0.2, 0) is 0 Å². The van der Waals surface area contributed by atoms with Crippen molar-refractivity contribution in [2.24, 2.45) is 5.92 Å². The first-order valence-electron chi connectivity index (χ1n) is 6.49.